The van der Waals surface area contributed by atoms with E-state index >= 15 is 0 Å². The molecule has 0 aliphatic heterocycles. The SMILES string of the molecule is Cl.NCCc1nc(C(=O)Nc2ccc(F)cc2OCC2CC2)cs1. The first-order valence-electron chi connectivity index (χ1n) is 7.54. The quantitative estimate of drug-likeness (QED) is 0.783. The monoisotopic (exact) mass is 371 g/mol. The molecule has 24 heavy (non-hydrogen) atoms. The van der Waals surface area contributed by atoms with E-state index in [-0.39, 0.29) is 18.3 Å². The number of nitrogens with one attached hydrogen (secondary N) is 1. The van der Waals surface area contributed by atoms with Gasteiger partial charge in [-0.1, -0.05) is 0 Å². The average molecular weight is 372 g/mol. The van der Waals surface area contributed by atoms with E-state index in [1.165, 1.54) is 29.5 Å². The second kappa shape index (κ2) is 8.41. The lowest BCUT2D eigenvalue weighted by Crippen LogP contribution is -2.14. The molecule has 0 unspecified atom stereocenters. The lowest BCUT2D eigenvalue weighted by molar-refractivity contribution is 0.102. The number of halogens is 2. The Kier molecular flexibility index (Phi) is 6.53. The molecule has 0 spiro atoms. The third kappa shape index (κ3) is 4.90. The fourth-order valence-corrected chi connectivity index (χ4v) is 2.85. The van der Waals surface area contributed by atoms with Gasteiger partial charge in [0.25, 0.3) is 5.91 Å². The number of hydrogen-bond acceptors (Lipinski definition) is 5. The van der Waals surface area contributed by atoms with Crippen LogP contribution in [-0.4, -0.2) is 24.0 Å². The van der Waals surface area contributed by atoms with Crippen LogP contribution in [0.5, 0.6) is 5.75 Å². The van der Waals surface area contributed by atoms with Crippen molar-refractivity contribution in [3.8, 4) is 5.75 Å². The number of carbonyl (C=O) groups is 1. The number of aromatic nitrogens is 1. The third-order valence-electron chi connectivity index (χ3n) is 3.51. The standard InChI is InChI=1S/C16H18FN3O2S.ClH/c17-11-3-4-12(14(7-11)22-8-10-1-2-10)20-16(21)13-9-23-15(19-13)5-6-18;/h3-4,7,9-10H,1-2,5-6,8,18H2,(H,20,21);1H. The molecule has 1 fully saturated rings. The molecular formula is C16H19ClFN3O2S. The summed E-state index contributed by atoms with van der Waals surface area (Å²) in [5, 5.41) is 5.25. The van der Waals surface area contributed by atoms with Gasteiger partial charge in [0, 0.05) is 17.9 Å². The number of nitrogens with two attached hydrogens (primary N) is 1. The molecule has 1 aromatic heterocycles. The maximum atomic E-state index is 13.4. The highest BCUT2D eigenvalue weighted by Crippen LogP contribution is 2.32. The summed E-state index contributed by atoms with van der Waals surface area (Å²) in [6.07, 6.45) is 2.92. The molecule has 130 valence electrons. The van der Waals surface area contributed by atoms with E-state index in [2.05, 4.69) is 10.3 Å². The Morgan fingerprint density at radius 1 is 1.46 bits per heavy atom. The van der Waals surface area contributed by atoms with Crippen molar-refractivity contribution in [3.05, 3.63) is 40.1 Å². The van der Waals surface area contributed by atoms with E-state index in [0.29, 0.717) is 42.6 Å². The number of carbonyl (C=O) groups excluding carboxylic acids is 1. The largest absolute Gasteiger partial charge is 0.491 e. The second-order valence-corrected chi connectivity index (χ2v) is 6.46. The molecule has 8 heteroatoms. The van der Waals surface area contributed by atoms with Crippen molar-refractivity contribution >= 4 is 35.3 Å². The van der Waals surface area contributed by atoms with Crippen LogP contribution in [-0.2, 0) is 6.42 Å². The van der Waals surface area contributed by atoms with Crippen LogP contribution in [0.25, 0.3) is 0 Å². The van der Waals surface area contributed by atoms with Gasteiger partial charge in [-0.15, -0.1) is 23.7 Å². The molecule has 1 aromatic carbocycles. The van der Waals surface area contributed by atoms with Crippen molar-refractivity contribution in [2.45, 2.75) is 19.3 Å². The minimum absolute atomic E-state index is 0. The Bertz CT molecular complexity index is 706. The minimum atomic E-state index is -0.396. The number of anilines is 1. The van der Waals surface area contributed by atoms with Crippen molar-refractivity contribution in [3.63, 3.8) is 0 Å². The molecule has 0 bridgehead atoms. The van der Waals surface area contributed by atoms with Gasteiger partial charge in [-0.2, -0.15) is 0 Å². The summed E-state index contributed by atoms with van der Waals surface area (Å²) in [4.78, 5) is 16.5. The minimum Gasteiger partial charge on any atom is -0.491 e. The smallest absolute Gasteiger partial charge is 0.275 e. The molecule has 1 amide bonds. The first kappa shape index (κ1) is 18.6. The highest BCUT2D eigenvalue weighted by molar-refractivity contribution is 7.09. The molecule has 3 rings (SSSR count). The van der Waals surface area contributed by atoms with Crippen molar-refractivity contribution in [1.82, 2.24) is 4.98 Å². The summed E-state index contributed by atoms with van der Waals surface area (Å²) in [5.41, 5.74) is 6.26. The van der Waals surface area contributed by atoms with Gasteiger partial charge >= 0.3 is 0 Å². The molecule has 1 heterocycles. The zero-order valence-electron chi connectivity index (χ0n) is 13.0. The number of hydrogen-bond donors (Lipinski definition) is 2. The van der Waals surface area contributed by atoms with Crippen LogP contribution in [0, 0.1) is 11.7 Å². The van der Waals surface area contributed by atoms with E-state index in [0.717, 1.165) is 17.8 Å². The molecule has 1 aliphatic rings. The first-order valence-corrected chi connectivity index (χ1v) is 8.42. The van der Waals surface area contributed by atoms with Gasteiger partial charge in [-0.3, -0.25) is 4.79 Å². The van der Waals surface area contributed by atoms with E-state index in [1.807, 2.05) is 0 Å². The van der Waals surface area contributed by atoms with Gasteiger partial charge < -0.3 is 15.8 Å². The van der Waals surface area contributed by atoms with E-state index in [9.17, 15) is 9.18 Å². The summed E-state index contributed by atoms with van der Waals surface area (Å²) in [5.74, 6) is 0.155. The Morgan fingerprint density at radius 3 is 2.96 bits per heavy atom. The topological polar surface area (TPSA) is 77.2 Å². The Balaban J connectivity index is 0.00000208. The zero-order valence-corrected chi connectivity index (χ0v) is 14.6. The highest BCUT2D eigenvalue weighted by Gasteiger charge is 2.23. The number of ether oxygens (including phenoxy) is 1. The Labute approximate surface area is 149 Å². The van der Waals surface area contributed by atoms with Crippen LogP contribution in [0.3, 0.4) is 0 Å². The molecule has 5 nitrogen and oxygen atoms in total. The van der Waals surface area contributed by atoms with Crippen LogP contribution in [0.15, 0.2) is 23.6 Å². The van der Waals surface area contributed by atoms with Gasteiger partial charge in [0.1, 0.15) is 17.3 Å². The fourth-order valence-electron chi connectivity index (χ4n) is 2.05. The Morgan fingerprint density at radius 2 is 2.25 bits per heavy atom. The van der Waals surface area contributed by atoms with E-state index in [1.54, 1.807) is 5.38 Å². The van der Waals surface area contributed by atoms with Gasteiger partial charge in [0.2, 0.25) is 0 Å². The number of amides is 1. The molecule has 1 saturated carbocycles. The van der Waals surface area contributed by atoms with Crippen molar-refractivity contribution in [2.24, 2.45) is 11.7 Å². The van der Waals surface area contributed by atoms with Gasteiger partial charge in [0.05, 0.1) is 17.3 Å². The number of thiazole rings is 1. The third-order valence-corrected chi connectivity index (χ3v) is 4.41. The van der Waals surface area contributed by atoms with Crippen LogP contribution in [0.1, 0.15) is 28.3 Å². The maximum Gasteiger partial charge on any atom is 0.275 e. The Hall–Kier alpha value is -1.70. The van der Waals surface area contributed by atoms with Crippen LogP contribution >= 0.6 is 23.7 Å². The van der Waals surface area contributed by atoms with Crippen molar-refractivity contribution in [1.29, 1.82) is 0 Å². The molecular weight excluding hydrogens is 353 g/mol. The lowest BCUT2D eigenvalue weighted by Gasteiger charge is -2.12. The lowest BCUT2D eigenvalue weighted by atomic mass is 10.2. The van der Waals surface area contributed by atoms with Gasteiger partial charge in [-0.25, -0.2) is 9.37 Å². The summed E-state index contributed by atoms with van der Waals surface area (Å²) < 4.78 is 19.1. The number of nitrogens with zero attached hydrogens (tertiary/aromatic N) is 1. The van der Waals surface area contributed by atoms with E-state index in [4.69, 9.17) is 10.5 Å². The molecule has 0 saturated heterocycles. The van der Waals surface area contributed by atoms with Crippen LogP contribution in [0.4, 0.5) is 10.1 Å². The number of benzene rings is 1. The van der Waals surface area contributed by atoms with Crippen LogP contribution in [0.2, 0.25) is 0 Å². The molecule has 3 N–H and O–H groups in total. The van der Waals surface area contributed by atoms with Crippen molar-refractivity contribution < 1.29 is 13.9 Å². The van der Waals surface area contributed by atoms with E-state index < -0.39 is 5.82 Å². The van der Waals surface area contributed by atoms with Crippen molar-refractivity contribution in [2.75, 3.05) is 18.5 Å². The maximum absolute atomic E-state index is 13.4. The fraction of sp³-hybridized carbons (Fsp3) is 0.375. The van der Waals surface area contributed by atoms with Gasteiger partial charge in [-0.05, 0) is 37.4 Å². The molecule has 0 radical (unpaired) electrons. The summed E-state index contributed by atoms with van der Waals surface area (Å²) in [7, 11) is 0. The second-order valence-electron chi connectivity index (χ2n) is 5.51. The summed E-state index contributed by atoms with van der Waals surface area (Å²) in [6.45, 7) is 1.04. The molecule has 1 aliphatic carbocycles. The average Bonchev–Trinajstić information content (AvgIpc) is 3.25. The predicted octanol–water partition coefficient (Wildman–Crippen LogP) is 3.25. The predicted molar refractivity (Wildman–Crippen MR) is 94.7 cm³/mol. The summed E-state index contributed by atoms with van der Waals surface area (Å²) in [6, 6.07) is 4.09. The molecule has 0 atom stereocenters. The normalized spacial score (nSPS) is 13.2. The van der Waals surface area contributed by atoms with Gasteiger partial charge in [0.15, 0.2) is 0 Å². The highest BCUT2D eigenvalue weighted by atomic mass is 35.5. The molecule has 2 aromatic rings. The first-order chi connectivity index (χ1) is 11.2. The zero-order chi connectivity index (χ0) is 16.2. The van der Waals surface area contributed by atoms with Crippen LogP contribution < -0.4 is 15.8 Å². The summed E-state index contributed by atoms with van der Waals surface area (Å²) >= 11 is 1.40. The number of rotatable bonds is 7.